The fourth-order valence-electron chi connectivity index (χ4n) is 5.63. The predicted octanol–water partition coefficient (Wildman–Crippen LogP) is 8.29. The summed E-state index contributed by atoms with van der Waals surface area (Å²) in [6.45, 7) is 1.51. The van der Waals surface area contributed by atoms with Crippen molar-refractivity contribution in [1.82, 2.24) is 4.90 Å². The quantitative estimate of drug-likeness (QED) is 0.136. The Morgan fingerprint density at radius 2 is 1.43 bits per heavy atom. The number of hydrogen-bond acceptors (Lipinski definition) is 6. The van der Waals surface area contributed by atoms with Crippen molar-refractivity contribution in [3.05, 3.63) is 156 Å². The van der Waals surface area contributed by atoms with E-state index in [0.29, 0.717) is 23.5 Å². The van der Waals surface area contributed by atoms with Crippen molar-refractivity contribution in [2.45, 2.75) is 38.1 Å². The van der Waals surface area contributed by atoms with Crippen LogP contribution in [-0.4, -0.2) is 35.7 Å². The van der Waals surface area contributed by atoms with Gasteiger partial charge in [0.15, 0.2) is 6.29 Å². The van der Waals surface area contributed by atoms with Gasteiger partial charge in [-0.15, -0.1) is 0 Å². The maximum absolute atomic E-state index is 12.9. The third-order valence-corrected chi connectivity index (χ3v) is 7.93. The first-order valence-electron chi connectivity index (χ1n) is 15.7. The molecule has 1 aliphatic heterocycles. The molecule has 5 aromatic carbocycles. The van der Waals surface area contributed by atoms with Crippen molar-refractivity contribution in [2.24, 2.45) is 0 Å². The number of nitrogens with one attached hydrogen (secondary N) is 2. The average molecular weight is 630 g/mol. The van der Waals surface area contributed by atoms with Gasteiger partial charge in [0.05, 0.1) is 18.8 Å². The van der Waals surface area contributed by atoms with Crippen LogP contribution in [0.1, 0.15) is 41.1 Å². The Hall–Kier alpha value is -4.99. The zero-order valence-electron chi connectivity index (χ0n) is 26.3. The van der Waals surface area contributed by atoms with Crippen molar-refractivity contribution in [2.75, 3.05) is 24.2 Å². The smallest absolute Gasteiger partial charge is 0.323 e. The molecule has 3 unspecified atom stereocenters. The van der Waals surface area contributed by atoms with Crippen molar-refractivity contribution in [3.8, 4) is 11.5 Å². The van der Waals surface area contributed by atoms with E-state index in [2.05, 4.69) is 46.8 Å². The highest BCUT2D eigenvalue weighted by Gasteiger charge is 2.33. The summed E-state index contributed by atoms with van der Waals surface area (Å²) in [4.78, 5) is 15.2. The summed E-state index contributed by atoms with van der Waals surface area (Å²) in [7, 11) is 2.10. The van der Waals surface area contributed by atoms with Gasteiger partial charge in [-0.05, 0) is 72.3 Å². The molecule has 0 aliphatic carbocycles. The van der Waals surface area contributed by atoms with Crippen molar-refractivity contribution in [3.63, 3.8) is 0 Å². The number of nitrogens with zero attached hydrogens (tertiary/aromatic N) is 1. The fourth-order valence-corrected chi connectivity index (χ4v) is 5.63. The lowest BCUT2D eigenvalue weighted by molar-refractivity contribution is -0.252. The van der Waals surface area contributed by atoms with Crippen LogP contribution in [0.15, 0.2) is 133 Å². The molecule has 0 aromatic heterocycles. The normalized spacial score (nSPS) is 17.6. The molecule has 8 nitrogen and oxygen atoms in total. The van der Waals surface area contributed by atoms with Gasteiger partial charge in [0.25, 0.3) is 0 Å². The molecule has 5 aromatic rings. The second-order valence-electron chi connectivity index (χ2n) is 11.7. The molecule has 0 radical (unpaired) electrons. The highest BCUT2D eigenvalue weighted by molar-refractivity contribution is 5.99. The van der Waals surface area contributed by atoms with E-state index in [4.69, 9.17) is 14.2 Å². The van der Waals surface area contributed by atoms with E-state index in [0.717, 1.165) is 35.5 Å². The lowest BCUT2D eigenvalue weighted by atomic mass is 9.99. The Bertz CT molecular complexity index is 1720. The minimum absolute atomic E-state index is 0.00814. The summed E-state index contributed by atoms with van der Waals surface area (Å²) in [5.74, 6) is 1.42. The number of carbonyl (C=O) groups excluding carboxylic acids is 1. The lowest BCUT2D eigenvalue weighted by Gasteiger charge is -2.38. The van der Waals surface area contributed by atoms with Crippen LogP contribution in [0.25, 0.3) is 0 Å². The first-order valence-corrected chi connectivity index (χ1v) is 15.7. The van der Waals surface area contributed by atoms with Gasteiger partial charge in [0.1, 0.15) is 11.5 Å². The van der Waals surface area contributed by atoms with Gasteiger partial charge in [-0.1, -0.05) is 84.9 Å². The number of likely N-dealkylation sites (N-methyl/N-ethyl adjacent to an activating group) is 1. The molecule has 0 spiro atoms. The van der Waals surface area contributed by atoms with E-state index in [1.54, 1.807) is 12.1 Å². The van der Waals surface area contributed by atoms with Crippen molar-refractivity contribution in [1.29, 1.82) is 0 Å². The van der Waals surface area contributed by atoms with Crippen LogP contribution >= 0.6 is 0 Å². The summed E-state index contributed by atoms with van der Waals surface area (Å²) in [5, 5.41) is 15.3. The first-order chi connectivity index (χ1) is 23.0. The molecule has 2 amide bonds. The van der Waals surface area contributed by atoms with Crippen molar-refractivity contribution >= 4 is 17.4 Å². The molecule has 0 saturated carbocycles. The van der Waals surface area contributed by atoms with Gasteiger partial charge < -0.3 is 30.0 Å². The van der Waals surface area contributed by atoms with E-state index in [-0.39, 0.29) is 24.8 Å². The molecule has 240 valence electrons. The third-order valence-electron chi connectivity index (χ3n) is 7.93. The molecular formula is C39H39N3O5. The van der Waals surface area contributed by atoms with Crippen LogP contribution in [0.2, 0.25) is 0 Å². The first kappa shape index (κ1) is 32.0. The van der Waals surface area contributed by atoms with Gasteiger partial charge in [0, 0.05) is 36.4 Å². The zero-order valence-corrected chi connectivity index (χ0v) is 26.3. The van der Waals surface area contributed by atoms with Crippen LogP contribution in [0, 0.1) is 0 Å². The minimum Gasteiger partial charge on any atom is -0.457 e. The molecular weight excluding hydrogens is 590 g/mol. The average Bonchev–Trinajstić information content (AvgIpc) is 3.10. The number of aliphatic hydroxyl groups is 1. The second-order valence-corrected chi connectivity index (χ2v) is 11.7. The van der Waals surface area contributed by atoms with Gasteiger partial charge in [-0.25, -0.2) is 4.79 Å². The molecule has 8 heteroatoms. The van der Waals surface area contributed by atoms with Crippen molar-refractivity contribution < 1.29 is 24.1 Å². The summed E-state index contributed by atoms with van der Waals surface area (Å²) in [6.07, 6.45) is -0.253. The Morgan fingerprint density at radius 1 is 0.745 bits per heavy atom. The van der Waals surface area contributed by atoms with Crippen LogP contribution in [-0.2, 0) is 22.6 Å². The monoisotopic (exact) mass is 629 g/mol. The summed E-state index contributed by atoms with van der Waals surface area (Å²) < 4.78 is 18.9. The van der Waals surface area contributed by atoms with Crippen LogP contribution in [0.5, 0.6) is 11.5 Å². The Kier molecular flexibility index (Phi) is 10.6. The summed E-state index contributed by atoms with van der Waals surface area (Å²) in [6, 6.07) is 42.1. The maximum Gasteiger partial charge on any atom is 0.323 e. The number of rotatable bonds is 11. The van der Waals surface area contributed by atoms with E-state index in [9.17, 15) is 9.90 Å². The molecule has 1 heterocycles. The molecule has 1 fully saturated rings. The Morgan fingerprint density at radius 3 is 2.15 bits per heavy atom. The number of amides is 2. The third kappa shape index (κ3) is 9.06. The molecule has 3 N–H and O–H groups in total. The van der Waals surface area contributed by atoms with Gasteiger partial charge in [-0.2, -0.15) is 0 Å². The number of urea groups is 1. The van der Waals surface area contributed by atoms with Gasteiger partial charge in [-0.3, -0.25) is 4.90 Å². The van der Waals surface area contributed by atoms with Gasteiger partial charge >= 0.3 is 6.03 Å². The molecule has 1 saturated heterocycles. The van der Waals surface area contributed by atoms with E-state index < -0.39 is 6.29 Å². The molecule has 1 aliphatic rings. The predicted molar refractivity (Wildman–Crippen MR) is 183 cm³/mol. The Balaban J connectivity index is 1.12. The van der Waals surface area contributed by atoms with E-state index in [1.165, 1.54) is 5.56 Å². The minimum atomic E-state index is -0.636. The zero-order chi connectivity index (χ0) is 32.4. The second kappa shape index (κ2) is 15.5. The standard InChI is InChI=1S/C39H39N3O5/c1-42(25-28-9-4-2-5-10-28)26-36-24-37(30-17-15-29(27-43)16-18-30)47-38(46-36)31-11-8-12-33(23-31)41-39(44)40-32-19-21-35(22-20-32)45-34-13-6-3-7-14-34/h2-23,36-38,43H,24-27H2,1H3,(H2,40,41,44). The van der Waals surface area contributed by atoms with Crippen LogP contribution in [0.4, 0.5) is 16.2 Å². The molecule has 0 bridgehead atoms. The number of aliphatic hydroxyl groups excluding tert-OH is 1. The lowest BCUT2D eigenvalue weighted by Crippen LogP contribution is -2.37. The number of para-hydroxylation sites is 1. The van der Waals surface area contributed by atoms with E-state index >= 15 is 0 Å². The van der Waals surface area contributed by atoms with Crippen LogP contribution < -0.4 is 15.4 Å². The van der Waals surface area contributed by atoms with E-state index in [1.807, 2.05) is 97.1 Å². The maximum atomic E-state index is 12.9. The highest BCUT2D eigenvalue weighted by Crippen LogP contribution is 2.38. The Labute approximate surface area is 275 Å². The number of ether oxygens (including phenoxy) is 3. The molecule has 6 rings (SSSR count). The highest BCUT2D eigenvalue weighted by atomic mass is 16.7. The number of carbonyl (C=O) groups is 1. The number of anilines is 2. The molecule has 47 heavy (non-hydrogen) atoms. The summed E-state index contributed by atoms with van der Waals surface area (Å²) >= 11 is 0. The molecule has 3 atom stereocenters. The topological polar surface area (TPSA) is 92.3 Å². The largest absolute Gasteiger partial charge is 0.457 e. The summed E-state index contributed by atoms with van der Waals surface area (Å²) in [5.41, 5.74) is 5.17. The SMILES string of the molecule is CN(Cc1ccccc1)CC1CC(c2ccc(CO)cc2)OC(c2cccc(NC(=O)Nc3ccc(Oc4ccccc4)cc3)c2)O1. The number of benzene rings is 5. The van der Waals surface area contributed by atoms with Gasteiger partial charge in [0.2, 0.25) is 0 Å². The fraction of sp³-hybridized carbons (Fsp3) is 0.205. The number of hydrogen-bond donors (Lipinski definition) is 3. The van der Waals surface area contributed by atoms with Crippen LogP contribution in [0.3, 0.4) is 0 Å².